The minimum Gasteiger partial charge on any atom is -0.467 e. The molecule has 6 heteroatoms. The molecule has 0 heterocycles. The molecule has 0 saturated carbocycles. The van der Waals surface area contributed by atoms with Crippen LogP contribution >= 0.6 is 0 Å². The van der Waals surface area contributed by atoms with E-state index in [4.69, 9.17) is 6.11 Å². The van der Waals surface area contributed by atoms with Crippen LogP contribution in [0, 0.1) is 0 Å². The molecule has 1 unspecified atom stereocenters. The van der Waals surface area contributed by atoms with Crippen molar-refractivity contribution in [3.05, 3.63) is 35.9 Å². The second-order valence-corrected chi connectivity index (χ2v) is 3.34. The molecule has 0 bridgehead atoms. The van der Waals surface area contributed by atoms with E-state index in [0.717, 1.165) is 12.7 Å². The molecule has 0 aliphatic rings. The highest BCUT2D eigenvalue weighted by atomic mass is 16.6. The average Bonchev–Trinajstić information content (AvgIpc) is 2.44. The van der Waals surface area contributed by atoms with Crippen LogP contribution in [0.5, 0.6) is 0 Å². The first-order chi connectivity index (χ1) is 9.04. The predicted octanol–water partition coefficient (Wildman–Crippen LogP) is 0.447. The smallest absolute Gasteiger partial charge is 0.407 e. The summed E-state index contributed by atoms with van der Waals surface area (Å²) in [5.74, 6) is -0.997. The Morgan fingerprint density at radius 2 is 2.11 bits per heavy atom. The van der Waals surface area contributed by atoms with Crippen molar-refractivity contribution in [3.63, 3.8) is 0 Å². The van der Waals surface area contributed by atoms with Crippen molar-refractivity contribution in [3.8, 4) is 0 Å². The number of esters is 1. The maximum Gasteiger partial charge on any atom is 0.407 e. The summed E-state index contributed by atoms with van der Waals surface area (Å²) in [6.45, 7) is -1.51. The molecule has 0 aliphatic heterocycles. The number of aliphatic hydroxyl groups is 1. The lowest BCUT2D eigenvalue weighted by Gasteiger charge is -2.10. The van der Waals surface area contributed by atoms with E-state index in [2.05, 4.69) is 4.74 Å². The summed E-state index contributed by atoms with van der Waals surface area (Å²) in [5.41, 5.74) is 0.785. The molecule has 1 aromatic rings. The van der Waals surface area contributed by atoms with E-state index in [1.165, 1.54) is 0 Å². The molecule has 2 atom stereocenters. The Labute approximate surface area is 106 Å². The molecular formula is C12H15NO5. The topological polar surface area (TPSA) is 84.9 Å². The molecule has 1 aromatic carbocycles. The first-order valence-electron chi connectivity index (χ1n) is 5.77. The molecule has 18 heavy (non-hydrogen) atoms. The predicted molar refractivity (Wildman–Crippen MR) is 62.7 cm³/mol. The third kappa shape index (κ3) is 4.84. The van der Waals surface area contributed by atoms with Crippen molar-refractivity contribution in [2.75, 3.05) is 13.6 Å². The van der Waals surface area contributed by atoms with Gasteiger partial charge in [0.25, 0.3) is 0 Å². The maximum absolute atomic E-state index is 11.3. The number of alkyl carbamates (subject to hydrolysis) is 1. The number of ether oxygens (including phenoxy) is 2. The van der Waals surface area contributed by atoms with E-state index in [0.29, 0.717) is 0 Å². The summed E-state index contributed by atoms with van der Waals surface area (Å²) in [5, 5.41) is 11.3. The quantitative estimate of drug-likeness (QED) is 0.745. The summed E-state index contributed by atoms with van der Waals surface area (Å²) in [6.07, 6.45) is -2.65. The Morgan fingerprint density at radius 3 is 2.72 bits per heavy atom. The molecule has 0 aromatic heterocycles. The Balaban J connectivity index is 2.37. The molecule has 0 aliphatic carbocycles. The highest BCUT2D eigenvalue weighted by Crippen LogP contribution is 2.00. The summed E-state index contributed by atoms with van der Waals surface area (Å²) in [7, 11) is 1.08. The van der Waals surface area contributed by atoms with Crippen LogP contribution in [-0.2, 0) is 20.9 Å². The van der Waals surface area contributed by atoms with E-state index in [9.17, 15) is 14.7 Å². The standard InChI is InChI=1S/C12H15NO5/c1-17-11(15)10(14)7-13-12(16)18-8-9-5-3-2-4-6-9/h2-6,10,14H,7-8H2,1H3,(H,13,16)/t10-/m1/s1/i7D/t7?,10-. The fourth-order valence-corrected chi connectivity index (χ4v) is 1.10. The molecule has 98 valence electrons. The number of carbonyl (C=O) groups excluding carboxylic acids is 2. The van der Waals surface area contributed by atoms with E-state index in [1.807, 2.05) is 11.4 Å². The minimum atomic E-state index is -1.76. The lowest BCUT2D eigenvalue weighted by atomic mass is 10.2. The lowest BCUT2D eigenvalue weighted by molar-refractivity contribution is -0.149. The van der Waals surface area contributed by atoms with Gasteiger partial charge in [0.05, 0.1) is 15.0 Å². The summed E-state index contributed by atoms with van der Waals surface area (Å²) >= 11 is 0. The van der Waals surface area contributed by atoms with Gasteiger partial charge in [0.2, 0.25) is 0 Å². The van der Waals surface area contributed by atoms with Crippen molar-refractivity contribution in [1.29, 1.82) is 0 Å². The average molecular weight is 254 g/mol. The first kappa shape index (κ1) is 12.4. The van der Waals surface area contributed by atoms with Crippen LogP contribution in [-0.4, -0.2) is 36.9 Å². The second-order valence-electron chi connectivity index (χ2n) is 3.34. The van der Waals surface area contributed by atoms with Gasteiger partial charge in [-0.15, -0.1) is 0 Å². The van der Waals surface area contributed by atoms with Crippen LogP contribution in [0.15, 0.2) is 30.3 Å². The van der Waals surface area contributed by atoms with Crippen molar-refractivity contribution >= 4 is 12.1 Å². The van der Waals surface area contributed by atoms with E-state index < -0.39 is 24.7 Å². The molecule has 0 fully saturated rings. The van der Waals surface area contributed by atoms with Crippen LogP contribution in [0.4, 0.5) is 4.79 Å². The monoisotopic (exact) mass is 254 g/mol. The minimum absolute atomic E-state index is 0.0354. The van der Waals surface area contributed by atoms with Crippen molar-refractivity contribution < 1.29 is 25.5 Å². The largest absolute Gasteiger partial charge is 0.467 e. The highest BCUT2D eigenvalue weighted by molar-refractivity contribution is 5.75. The normalized spacial score (nSPS) is 14.0. The fourth-order valence-electron chi connectivity index (χ4n) is 1.10. The Morgan fingerprint density at radius 1 is 1.44 bits per heavy atom. The molecular weight excluding hydrogens is 238 g/mol. The highest BCUT2D eigenvalue weighted by Gasteiger charge is 2.16. The van der Waals surface area contributed by atoms with Gasteiger partial charge in [-0.1, -0.05) is 30.3 Å². The summed E-state index contributed by atoms with van der Waals surface area (Å²) in [4.78, 5) is 22.3. The van der Waals surface area contributed by atoms with Gasteiger partial charge < -0.3 is 19.9 Å². The number of amides is 1. The molecule has 6 nitrogen and oxygen atoms in total. The first-order valence-corrected chi connectivity index (χ1v) is 5.20. The third-order valence-electron chi connectivity index (χ3n) is 2.01. The number of rotatable bonds is 5. The van der Waals surface area contributed by atoms with Gasteiger partial charge in [-0.2, -0.15) is 0 Å². The molecule has 0 spiro atoms. The van der Waals surface area contributed by atoms with E-state index >= 15 is 0 Å². The van der Waals surface area contributed by atoms with E-state index in [-0.39, 0.29) is 6.61 Å². The van der Waals surface area contributed by atoms with Gasteiger partial charge in [0.15, 0.2) is 6.10 Å². The number of hydrogen-bond acceptors (Lipinski definition) is 5. The van der Waals surface area contributed by atoms with Crippen LogP contribution < -0.4 is 5.32 Å². The number of carbonyl (C=O) groups is 2. The Kier molecular flexibility index (Phi) is 5.01. The van der Waals surface area contributed by atoms with Gasteiger partial charge in [0, 0.05) is 0 Å². The van der Waals surface area contributed by atoms with Gasteiger partial charge in [-0.3, -0.25) is 0 Å². The van der Waals surface area contributed by atoms with Crippen LogP contribution in [0.3, 0.4) is 0 Å². The second kappa shape index (κ2) is 7.29. The molecule has 2 N–H and O–H groups in total. The van der Waals surface area contributed by atoms with Gasteiger partial charge in [0.1, 0.15) is 6.61 Å². The summed E-state index contributed by atoms with van der Waals surface area (Å²) in [6, 6.07) is 8.97. The maximum atomic E-state index is 11.3. The molecule has 0 saturated heterocycles. The molecule has 1 rings (SSSR count). The van der Waals surface area contributed by atoms with Crippen LogP contribution in [0.25, 0.3) is 0 Å². The van der Waals surface area contributed by atoms with E-state index in [1.54, 1.807) is 24.3 Å². The zero-order valence-electron chi connectivity index (χ0n) is 10.8. The Bertz CT molecular complexity index is 425. The number of methoxy groups -OCH3 is 1. The SMILES string of the molecule is [2H]C(NC(=O)OCc1ccccc1)[C@@H](O)C(=O)OC. The van der Waals surface area contributed by atoms with Crippen molar-refractivity contribution in [2.45, 2.75) is 12.7 Å². The fraction of sp³-hybridized carbons (Fsp3) is 0.333. The van der Waals surface area contributed by atoms with Crippen molar-refractivity contribution in [1.82, 2.24) is 5.32 Å². The van der Waals surface area contributed by atoms with Crippen LogP contribution in [0.2, 0.25) is 0 Å². The van der Waals surface area contributed by atoms with Gasteiger partial charge >= 0.3 is 12.1 Å². The zero-order chi connectivity index (χ0) is 14.3. The number of hydrogen-bond donors (Lipinski definition) is 2. The molecule has 0 radical (unpaired) electrons. The third-order valence-corrected chi connectivity index (χ3v) is 2.01. The zero-order valence-corrected chi connectivity index (χ0v) is 9.83. The van der Waals surface area contributed by atoms with Gasteiger partial charge in [-0.05, 0) is 5.56 Å². The van der Waals surface area contributed by atoms with Crippen molar-refractivity contribution in [2.24, 2.45) is 0 Å². The lowest BCUT2D eigenvalue weighted by Crippen LogP contribution is -2.37. The van der Waals surface area contributed by atoms with Crippen LogP contribution in [0.1, 0.15) is 6.93 Å². The van der Waals surface area contributed by atoms with Gasteiger partial charge in [-0.25, -0.2) is 9.59 Å². The Hall–Kier alpha value is -2.08. The number of benzene rings is 1. The number of aliphatic hydroxyl groups excluding tert-OH is 1. The number of nitrogens with one attached hydrogen (secondary N) is 1. The molecule has 1 amide bonds. The summed E-state index contributed by atoms with van der Waals surface area (Å²) < 4.78 is 16.4.